The number of benzene rings is 2. The second-order valence-electron chi connectivity index (χ2n) is 6.21. The van der Waals surface area contributed by atoms with Crippen molar-refractivity contribution in [3.8, 4) is 5.75 Å². The van der Waals surface area contributed by atoms with E-state index in [1.54, 1.807) is 18.2 Å². The van der Waals surface area contributed by atoms with Crippen molar-refractivity contribution in [1.29, 1.82) is 0 Å². The van der Waals surface area contributed by atoms with Crippen molar-refractivity contribution >= 4 is 17.7 Å². The summed E-state index contributed by atoms with van der Waals surface area (Å²) in [6, 6.07) is 10.9. The first-order chi connectivity index (χ1) is 13.3. The monoisotopic (exact) mass is 387 g/mol. The van der Waals surface area contributed by atoms with Gasteiger partial charge in [-0.05, 0) is 56.2 Å². The van der Waals surface area contributed by atoms with Crippen LogP contribution in [0.4, 0.5) is 4.39 Å². The number of carbonyl (C=O) groups excluding carboxylic acids is 3. The third kappa shape index (κ3) is 5.80. The van der Waals surface area contributed by atoms with Gasteiger partial charge in [0.1, 0.15) is 0 Å². The lowest BCUT2D eigenvalue weighted by atomic mass is 10.1. The standard InChI is InChI=1S/C20H22FN3O4/c1-12-8-9-15(10-13(12)2)20(27)22-11-18(25)23-24-19(26)14(3)28-17-7-5-4-6-16(17)21/h4-10,14H,11H2,1-3H3,(H,22,27)(H,23,25)(H,24,26)/t14-/m0/s1. The van der Waals surface area contributed by atoms with Gasteiger partial charge in [0.2, 0.25) is 0 Å². The number of hydrogen-bond acceptors (Lipinski definition) is 4. The summed E-state index contributed by atoms with van der Waals surface area (Å²) in [6.07, 6.45) is -1.04. The number of hydrogen-bond donors (Lipinski definition) is 3. The predicted octanol–water partition coefficient (Wildman–Crippen LogP) is 1.79. The van der Waals surface area contributed by atoms with Gasteiger partial charge in [-0.1, -0.05) is 18.2 Å². The van der Waals surface area contributed by atoms with E-state index in [0.29, 0.717) is 5.56 Å². The van der Waals surface area contributed by atoms with Crippen LogP contribution in [0.3, 0.4) is 0 Å². The minimum Gasteiger partial charge on any atom is -0.478 e. The van der Waals surface area contributed by atoms with E-state index in [2.05, 4.69) is 16.2 Å². The fraction of sp³-hybridized carbons (Fsp3) is 0.250. The van der Waals surface area contributed by atoms with Crippen LogP contribution in [0.1, 0.15) is 28.4 Å². The molecule has 0 bridgehead atoms. The third-order valence-corrected chi connectivity index (χ3v) is 4.01. The van der Waals surface area contributed by atoms with Crippen LogP contribution < -0.4 is 20.9 Å². The molecule has 0 aliphatic carbocycles. The summed E-state index contributed by atoms with van der Waals surface area (Å²) in [4.78, 5) is 35.8. The predicted molar refractivity (Wildman–Crippen MR) is 101 cm³/mol. The van der Waals surface area contributed by atoms with E-state index in [1.807, 2.05) is 19.9 Å². The maximum Gasteiger partial charge on any atom is 0.279 e. The van der Waals surface area contributed by atoms with Crippen molar-refractivity contribution < 1.29 is 23.5 Å². The van der Waals surface area contributed by atoms with Crippen LogP contribution in [0.25, 0.3) is 0 Å². The Morgan fingerprint density at radius 1 is 1.04 bits per heavy atom. The molecule has 3 N–H and O–H groups in total. The molecule has 148 valence electrons. The largest absolute Gasteiger partial charge is 0.478 e. The van der Waals surface area contributed by atoms with Gasteiger partial charge in [0.25, 0.3) is 17.7 Å². The first-order valence-corrected chi connectivity index (χ1v) is 8.63. The molecule has 0 heterocycles. The smallest absolute Gasteiger partial charge is 0.279 e. The van der Waals surface area contributed by atoms with E-state index < -0.39 is 29.6 Å². The highest BCUT2D eigenvalue weighted by Crippen LogP contribution is 2.16. The first kappa shape index (κ1) is 20.9. The molecule has 0 fully saturated rings. The lowest BCUT2D eigenvalue weighted by Crippen LogP contribution is -2.50. The number of aryl methyl sites for hydroxylation is 2. The fourth-order valence-corrected chi connectivity index (χ4v) is 2.21. The molecular weight excluding hydrogens is 365 g/mol. The second-order valence-corrected chi connectivity index (χ2v) is 6.21. The molecule has 3 amide bonds. The second kappa shape index (κ2) is 9.50. The molecule has 2 rings (SSSR count). The van der Waals surface area contributed by atoms with E-state index in [9.17, 15) is 18.8 Å². The van der Waals surface area contributed by atoms with Crippen LogP contribution in [0, 0.1) is 19.7 Å². The molecule has 0 aromatic heterocycles. The summed E-state index contributed by atoms with van der Waals surface area (Å²) in [5, 5.41) is 2.46. The summed E-state index contributed by atoms with van der Waals surface area (Å²) < 4.78 is 18.7. The van der Waals surface area contributed by atoms with Crippen molar-refractivity contribution in [3.63, 3.8) is 0 Å². The van der Waals surface area contributed by atoms with Crippen molar-refractivity contribution in [2.75, 3.05) is 6.54 Å². The molecule has 7 nitrogen and oxygen atoms in total. The van der Waals surface area contributed by atoms with E-state index >= 15 is 0 Å². The number of halogens is 1. The number of para-hydroxylation sites is 1. The lowest BCUT2D eigenvalue weighted by Gasteiger charge is -2.15. The highest BCUT2D eigenvalue weighted by atomic mass is 19.1. The number of amides is 3. The summed E-state index contributed by atoms with van der Waals surface area (Å²) in [7, 11) is 0. The van der Waals surface area contributed by atoms with Crippen molar-refractivity contribution in [3.05, 3.63) is 65.0 Å². The molecule has 0 radical (unpaired) electrons. The Hall–Kier alpha value is -3.42. The summed E-state index contributed by atoms with van der Waals surface area (Å²) in [5.74, 6) is -2.36. The Morgan fingerprint density at radius 2 is 1.75 bits per heavy atom. The minimum atomic E-state index is -1.04. The zero-order valence-electron chi connectivity index (χ0n) is 15.8. The molecule has 0 saturated heterocycles. The van der Waals surface area contributed by atoms with Gasteiger partial charge in [-0.2, -0.15) is 0 Å². The molecule has 0 saturated carbocycles. The van der Waals surface area contributed by atoms with Crippen LogP contribution in [0.15, 0.2) is 42.5 Å². The number of rotatable bonds is 6. The summed E-state index contributed by atoms with van der Waals surface area (Å²) in [6.45, 7) is 4.91. The van der Waals surface area contributed by atoms with Crippen molar-refractivity contribution in [1.82, 2.24) is 16.2 Å². The van der Waals surface area contributed by atoms with Crippen LogP contribution in [0.5, 0.6) is 5.75 Å². The highest BCUT2D eigenvalue weighted by molar-refractivity contribution is 5.96. The molecule has 0 aliphatic rings. The molecule has 2 aromatic rings. The molecule has 8 heteroatoms. The number of nitrogens with one attached hydrogen (secondary N) is 3. The normalized spacial score (nSPS) is 11.3. The number of carbonyl (C=O) groups is 3. The molecule has 0 spiro atoms. The van der Waals surface area contributed by atoms with E-state index in [0.717, 1.165) is 11.1 Å². The molecule has 1 atom stereocenters. The molecular formula is C20H22FN3O4. The molecule has 0 aliphatic heterocycles. The summed E-state index contributed by atoms with van der Waals surface area (Å²) >= 11 is 0. The van der Waals surface area contributed by atoms with Gasteiger partial charge in [0.15, 0.2) is 17.7 Å². The van der Waals surface area contributed by atoms with Gasteiger partial charge in [-0.3, -0.25) is 25.2 Å². The Balaban J connectivity index is 1.76. The Bertz CT molecular complexity index is 886. The molecule has 2 aromatic carbocycles. The average Bonchev–Trinajstić information content (AvgIpc) is 2.67. The lowest BCUT2D eigenvalue weighted by molar-refractivity contribution is -0.132. The van der Waals surface area contributed by atoms with Gasteiger partial charge in [0, 0.05) is 5.56 Å². The van der Waals surface area contributed by atoms with Gasteiger partial charge in [0.05, 0.1) is 6.54 Å². The van der Waals surface area contributed by atoms with Crippen molar-refractivity contribution in [2.24, 2.45) is 0 Å². The number of ether oxygens (including phenoxy) is 1. The Morgan fingerprint density at radius 3 is 2.43 bits per heavy atom. The summed E-state index contributed by atoms with van der Waals surface area (Å²) in [5.41, 5.74) is 6.79. The first-order valence-electron chi connectivity index (χ1n) is 8.63. The van der Waals surface area contributed by atoms with Crippen LogP contribution in [-0.2, 0) is 9.59 Å². The van der Waals surface area contributed by atoms with Gasteiger partial charge in [-0.25, -0.2) is 4.39 Å². The fourth-order valence-electron chi connectivity index (χ4n) is 2.21. The number of hydrazine groups is 1. The Labute approximate surface area is 162 Å². The average molecular weight is 387 g/mol. The van der Waals surface area contributed by atoms with Gasteiger partial charge >= 0.3 is 0 Å². The van der Waals surface area contributed by atoms with Crippen LogP contribution in [0.2, 0.25) is 0 Å². The maximum atomic E-state index is 13.5. The van der Waals surface area contributed by atoms with E-state index in [4.69, 9.17) is 4.74 Å². The Kier molecular flexibility index (Phi) is 7.08. The third-order valence-electron chi connectivity index (χ3n) is 4.01. The highest BCUT2D eigenvalue weighted by Gasteiger charge is 2.17. The zero-order valence-corrected chi connectivity index (χ0v) is 15.8. The quantitative estimate of drug-likeness (QED) is 0.659. The van der Waals surface area contributed by atoms with Gasteiger partial charge in [-0.15, -0.1) is 0 Å². The van der Waals surface area contributed by atoms with Crippen LogP contribution in [-0.4, -0.2) is 30.4 Å². The SMILES string of the molecule is Cc1ccc(C(=O)NCC(=O)NNC(=O)[C@H](C)Oc2ccccc2F)cc1C. The minimum absolute atomic E-state index is 0.0721. The topological polar surface area (TPSA) is 96.5 Å². The zero-order chi connectivity index (χ0) is 20.7. The van der Waals surface area contributed by atoms with E-state index in [-0.39, 0.29) is 12.3 Å². The molecule has 28 heavy (non-hydrogen) atoms. The van der Waals surface area contributed by atoms with Crippen LogP contribution >= 0.6 is 0 Å². The maximum absolute atomic E-state index is 13.5. The van der Waals surface area contributed by atoms with E-state index in [1.165, 1.54) is 25.1 Å². The molecule has 0 unspecified atom stereocenters. The van der Waals surface area contributed by atoms with Gasteiger partial charge < -0.3 is 10.1 Å². The van der Waals surface area contributed by atoms with Crippen molar-refractivity contribution in [2.45, 2.75) is 26.9 Å².